The Labute approximate surface area is 207 Å². The minimum absolute atomic E-state index is 0.407. The van der Waals surface area contributed by atoms with E-state index in [-0.39, 0.29) is 0 Å². The van der Waals surface area contributed by atoms with Crippen molar-refractivity contribution in [2.24, 2.45) is 5.92 Å². The van der Waals surface area contributed by atoms with Gasteiger partial charge in [-0.25, -0.2) is 9.97 Å². The number of hydrogen-bond acceptors (Lipinski definition) is 8. The minimum atomic E-state index is 0.407. The fourth-order valence-electron chi connectivity index (χ4n) is 4.81. The van der Waals surface area contributed by atoms with Crippen molar-refractivity contribution in [2.45, 2.75) is 50.6 Å². The molecule has 186 valence electrons. The van der Waals surface area contributed by atoms with Crippen molar-refractivity contribution in [1.29, 1.82) is 0 Å². The molecular weight excluding hydrogens is 452 g/mol. The number of anilines is 2. The largest absolute Gasteiger partial charge is 0.383 e. The lowest BCUT2D eigenvalue weighted by Gasteiger charge is -2.30. The van der Waals surface area contributed by atoms with Gasteiger partial charge in [-0.3, -0.25) is 4.98 Å². The van der Waals surface area contributed by atoms with Gasteiger partial charge < -0.3 is 25.0 Å². The summed E-state index contributed by atoms with van der Waals surface area (Å²) in [6.45, 7) is 4.30. The Kier molecular flexibility index (Phi) is 9.33. The Morgan fingerprint density at radius 1 is 1.09 bits per heavy atom. The van der Waals surface area contributed by atoms with Gasteiger partial charge in [0, 0.05) is 64.3 Å². The average Bonchev–Trinajstić information content (AvgIpc) is 2.87. The Morgan fingerprint density at radius 2 is 1.85 bits per heavy atom. The molecule has 2 fully saturated rings. The van der Waals surface area contributed by atoms with Crippen molar-refractivity contribution in [3.8, 4) is 11.3 Å². The van der Waals surface area contributed by atoms with Crippen LogP contribution in [-0.2, 0) is 9.47 Å². The SMILES string of the molecule is COCCNC1CCC(Nc2cc(-c3cncc(N(C)CC4CCOCC4)n3)c(Cl)cn2)CC1. The third kappa shape index (κ3) is 7.01. The molecule has 0 bridgehead atoms. The second-order valence-corrected chi connectivity index (χ2v) is 9.80. The first-order valence-corrected chi connectivity index (χ1v) is 12.8. The summed E-state index contributed by atoms with van der Waals surface area (Å²) in [5, 5.41) is 7.76. The van der Waals surface area contributed by atoms with Crippen LogP contribution in [0.1, 0.15) is 38.5 Å². The number of aromatic nitrogens is 3. The third-order valence-electron chi connectivity index (χ3n) is 6.84. The third-order valence-corrected chi connectivity index (χ3v) is 7.14. The lowest BCUT2D eigenvalue weighted by molar-refractivity contribution is 0.0685. The molecule has 4 rings (SSSR count). The number of methoxy groups -OCH3 is 1. The smallest absolute Gasteiger partial charge is 0.147 e. The van der Waals surface area contributed by atoms with E-state index in [1.807, 2.05) is 12.3 Å². The molecule has 1 saturated heterocycles. The fourth-order valence-corrected chi connectivity index (χ4v) is 5.01. The molecule has 0 spiro atoms. The Bertz CT molecular complexity index is 903. The predicted octanol–water partition coefficient (Wildman–Crippen LogP) is 4.01. The van der Waals surface area contributed by atoms with Crippen LogP contribution in [-0.4, -0.2) is 74.1 Å². The van der Waals surface area contributed by atoms with E-state index >= 15 is 0 Å². The summed E-state index contributed by atoms with van der Waals surface area (Å²) < 4.78 is 10.6. The number of nitrogens with one attached hydrogen (secondary N) is 2. The normalized spacial score (nSPS) is 21.4. The van der Waals surface area contributed by atoms with Crippen LogP contribution < -0.4 is 15.5 Å². The zero-order chi connectivity index (χ0) is 23.8. The molecule has 0 radical (unpaired) electrons. The second-order valence-electron chi connectivity index (χ2n) is 9.39. The highest BCUT2D eigenvalue weighted by atomic mass is 35.5. The first kappa shape index (κ1) is 25.1. The van der Waals surface area contributed by atoms with Crippen LogP contribution in [0, 0.1) is 5.92 Å². The van der Waals surface area contributed by atoms with E-state index in [1.165, 1.54) is 0 Å². The highest BCUT2D eigenvalue weighted by molar-refractivity contribution is 6.33. The quantitative estimate of drug-likeness (QED) is 0.485. The Hall–Kier alpha value is -2.00. The van der Waals surface area contributed by atoms with Crippen LogP contribution in [0.4, 0.5) is 11.6 Å². The number of pyridine rings is 1. The van der Waals surface area contributed by atoms with Crippen LogP contribution in [0.25, 0.3) is 11.3 Å². The highest BCUT2D eigenvalue weighted by Crippen LogP contribution is 2.30. The Balaban J connectivity index is 1.38. The van der Waals surface area contributed by atoms with E-state index in [0.717, 1.165) is 94.3 Å². The monoisotopic (exact) mass is 488 g/mol. The number of ether oxygens (including phenoxy) is 2. The highest BCUT2D eigenvalue weighted by Gasteiger charge is 2.22. The van der Waals surface area contributed by atoms with E-state index in [9.17, 15) is 0 Å². The molecule has 3 heterocycles. The molecule has 2 aliphatic rings. The lowest BCUT2D eigenvalue weighted by atomic mass is 9.91. The second kappa shape index (κ2) is 12.6. The van der Waals surface area contributed by atoms with Gasteiger partial charge in [0.1, 0.15) is 11.6 Å². The van der Waals surface area contributed by atoms with Gasteiger partial charge in [-0.2, -0.15) is 0 Å². The summed E-state index contributed by atoms with van der Waals surface area (Å²) >= 11 is 6.54. The topological polar surface area (TPSA) is 84.4 Å². The standard InChI is InChI=1S/C25H37ClN6O2/c1-32(17-18-7-10-34-11-8-18)25-16-27-15-23(31-25)21-13-24(29-14-22(21)26)30-20-5-3-19(4-6-20)28-9-12-33-2/h13-16,18-20,28H,3-12,17H2,1-2H3,(H,29,30). The van der Waals surface area contributed by atoms with E-state index < -0.39 is 0 Å². The molecule has 1 aliphatic carbocycles. The Morgan fingerprint density at radius 3 is 2.62 bits per heavy atom. The molecule has 2 aromatic heterocycles. The minimum Gasteiger partial charge on any atom is -0.383 e. The summed E-state index contributed by atoms with van der Waals surface area (Å²) in [6.07, 6.45) is 12.0. The number of rotatable bonds is 10. The van der Waals surface area contributed by atoms with Crippen LogP contribution >= 0.6 is 11.6 Å². The molecule has 34 heavy (non-hydrogen) atoms. The van der Waals surface area contributed by atoms with Crippen LogP contribution in [0.5, 0.6) is 0 Å². The summed E-state index contributed by atoms with van der Waals surface area (Å²) in [6, 6.07) is 2.97. The lowest BCUT2D eigenvalue weighted by Crippen LogP contribution is -2.38. The average molecular weight is 489 g/mol. The van der Waals surface area contributed by atoms with Gasteiger partial charge in [0.15, 0.2) is 0 Å². The number of halogens is 1. The maximum Gasteiger partial charge on any atom is 0.147 e. The van der Waals surface area contributed by atoms with Gasteiger partial charge in [-0.1, -0.05) is 11.6 Å². The fraction of sp³-hybridized carbons (Fsp3) is 0.640. The molecule has 2 N–H and O–H groups in total. The first-order valence-electron chi connectivity index (χ1n) is 12.4. The van der Waals surface area contributed by atoms with Crippen molar-refractivity contribution in [1.82, 2.24) is 20.3 Å². The molecule has 0 amide bonds. The zero-order valence-electron chi connectivity index (χ0n) is 20.3. The summed E-state index contributed by atoms with van der Waals surface area (Å²) in [5.41, 5.74) is 1.61. The van der Waals surface area contributed by atoms with E-state index in [2.05, 4.69) is 32.5 Å². The predicted molar refractivity (Wildman–Crippen MR) is 137 cm³/mol. The van der Waals surface area contributed by atoms with Crippen molar-refractivity contribution < 1.29 is 9.47 Å². The summed E-state index contributed by atoms with van der Waals surface area (Å²) in [5.74, 6) is 2.30. The van der Waals surface area contributed by atoms with Crippen molar-refractivity contribution >= 4 is 23.2 Å². The van der Waals surface area contributed by atoms with Crippen molar-refractivity contribution in [2.75, 3.05) is 57.3 Å². The van der Waals surface area contributed by atoms with Gasteiger partial charge in [0.25, 0.3) is 0 Å². The summed E-state index contributed by atoms with van der Waals surface area (Å²) in [4.78, 5) is 16.0. The molecule has 8 nitrogen and oxygen atoms in total. The van der Waals surface area contributed by atoms with Crippen LogP contribution in [0.2, 0.25) is 5.02 Å². The maximum atomic E-state index is 6.54. The van der Waals surface area contributed by atoms with E-state index in [0.29, 0.717) is 23.0 Å². The molecule has 0 unspecified atom stereocenters. The molecule has 1 saturated carbocycles. The van der Waals surface area contributed by atoms with Crippen molar-refractivity contribution in [3.05, 3.63) is 29.7 Å². The van der Waals surface area contributed by atoms with Crippen molar-refractivity contribution in [3.63, 3.8) is 0 Å². The molecule has 2 aromatic rings. The summed E-state index contributed by atoms with van der Waals surface area (Å²) in [7, 11) is 3.81. The molecule has 0 aromatic carbocycles. The van der Waals surface area contributed by atoms with Gasteiger partial charge >= 0.3 is 0 Å². The molecule has 0 atom stereocenters. The number of hydrogen-bond donors (Lipinski definition) is 2. The van der Waals surface area contributed by atoms with Gasteiger partial charge in [0.05, 0.1) is 29.7 Å². The number of nitrogens with zero attached hydrogens (tertiary/aromatic N) is 4. The van der Waals surface area contributed by atoms with Gasteiger partial charge in [-0.05, 0) is 50.5 Å². The zero-order valence-corrected chi connectivity index (χ0v) is 21.1. The maximum absolute atomic E-state index is 6.54. The van der Waals surface area contributed by atoms with Crippen LogP contribution in [0.15, 0.2) is 24.7 Å². The molecule has 1 aliphatic heterocycles. The molecule has 9 heteroatoms. The van der Waals surface area contributed by atoms with Gasteiger partial charge in [0.2, 0.25) is 0 Å². The van der Waals surface area contributed by atoms with Crippen LogP contribution in [0.3, 0.4) is 0 Å². The first-order chi connectivity index (χ1) is 16.6. The van der Waals surface area contributed by atoms with Gasteiger partial charge in [-0.15, -0.1) is 0 Å². The van der Waals surface area contributed by atoms with E-state index in [1.54, 1.807) is 19.5 Å². The molecular formula is C25H37ClN6O2. The van der Waals surface area contributed by atoms with E-state index in [4.69, 9.17) is 26.1 Å².